The molecule has 1 N–H and O–H groups in total. The van der Waals surface area contributed by atoms with Gasteiger partial charge in [0.1, 0.15) is 11.6 Å². The molecule has 9 heteroatoms. The van der Waals surface area contributed by atoms with Crippen molar-refractivity contribution in [3.63, 3.8) is 0 Å². The zero-order valence-corrected chi connectivity index (χ0v) is 16.3. The van der Waals surface area contributed by atoms with Crippen LogP contribution >= 0.6 is 0 Å². The summed E-state index contributed by atoms with van der Waals surface area (Å²) in [7, 11) is 0. The number of nitrogens with one attached hydrogen (secondary N) is 1. The normalized spacial score (nSPS) is 11.3. The van der Waals surface area contributed by atoms with E-state index in [1.54, 1.807) is 16.6 Å². The lowest BCUT2D eigenvalue weighted by Gasteiger charge is -2.11. The molecule has 0 radical (unpaired) electrons. The summed E-state index contributed by atoms with van der Waals surface area (Å²) in [5.41, 5.74) is 4.00. The quantitative estimate of drug-likeness (QED) is 0.461. The predicted octanol–water partition coefficient (Wildman–Crippen LogP) is 5.47. The highest BCUT2D eigenvalue weighted by atomic mass is 19.4. The van der Waals surface area contributed by atoms with E-state index < -0.39 is 6.36 Å². The van der Waals surface area contributed by atoms with Gasteiger partial charge in [0.25, 0.3) is 0 Å². The van der Waals surface area contributed by atoms with Gasteiger partial charge in [0.05, 0.1) is 28.5 Å². The van der Waals surface area contributed by atoms with Gasteiger partial charge < -0.3 is 10.1 Å². The number of nitriles is 1. The first-order valence-corrected chi connectivity index (χ1v) is 9.38. The zero-order valence-electron chi connectivity index (χ0n) is 16.3. The van der Waals surface area contributed by atoms with Crippen molar-refractivity contribution in [2.24, 2.45) is 0 Å². The molecule has 0 saturated carbocycles. The molecule has 0 bridgehead atoms. The number of nitrogens with zero attached hydrogens (tertiary/aromatic N) is 4. The van der Waals surface area contributed by atoms with Crippen LogP contribution in [0.15, 0.2) is 60.8 Å². The molecule has 0 spiro atoms. The van der Waals surface area contributed by atoms with Gasteiger partial charge in [-0.2, -0.15) is 10.4 Å². The lowest BCUT2D eigenvalue weighted by Crippen LogP contribution is -2.16. The van der Waals surface area contributed by atoms with Gasteiger partial charge in [-0.3, -0.25) is 0 Å². The second-order valence-corrected chi connectivity index (χ2v) is 6.64. The van der Waals surface area contributed by atoms with Crippen molar-refractivity contribution in [2.45, 2.75) is 19.7 Å². The van der Waals surface area contributed by atoms with Crippen LogP contribution in [0, 0.1) is 11.3 Å². The standard InChI is InChI=1S/C22H16F3N5O/c1-2-17-21(19-5-3-4-10-30(19)29-17)18-11-14(13-26)12-20(28-18)27-15-6-8-16(9-7-15)31-22(23,24)25/h3-12H,2H2,1H3,(H,27,28). The average Bonchev–Trinajstić information content (AvgIpc) is 3.12. The fourth-order valence-electron chi connectivity index (χ4n) is 3.25. The third-order valence-corrected chi connectivity index (χ3v) is 4.52. The Morgan fingerprint density at radius 3 is 2.58 bits per heavy atom. The number of aryl methyl sites for hydroxylation is 1. The minimum atomic E-state index is -4.75. The number of rotatable bonds is 5. The number of fused-ring (bicyclic) bond motifs is 1. The third-order valence-electron chi connectivity index (χ3n) is 4.52. The summed E-state index contributed by atoms with van der Waals surface area (Å²) in [4.78, 5) is 4.63. The maximum atomic E-state index is 12.3. The number of halogens is 3. The fraction of sp³-hybridized carbons (Fsp3) is 0.136. The number of aromatic nitrogens is 3. The Balaban J connectivity index is 1.71. The topological polar surface area (TPSA) is 75.2 Å². The summed E-state index contributed by atoms with van der Waals surface area (Å²) in [5.74, 6) is 0.0623. The SMILES string of the molecule is CCc1nn2ccccc2c1-c1cc(C#N)cc(Nc2ccc(OC(F)(F)F)cc2)n1. The molecule has 0 atom stereocenters. The Hall–Kier alpha value is -4.06. The summed E-state index contributed by atoms with van der Waals surface area (Å²) in [5, 5.41) is 17.1. The Morgan fingerprint density at radius 1 is 1.13 bits per heavy atom. The summed E-state index contributed by atoms with van der Waals surface area (Å²) >= 11 is 0. The molecule has 0 aliphatic rings. The highest BCUT2D eigenvalue weighted by Crippen LogP contribution is 2.31. The van der Waals surface area contributed by atoms with E-state index in [2.05, 4.69) is 26.2 Å². The van der Waals surface area contributed by atoms with E-state index in [4.69, 9.17) is 0 Å². The molecule has 0 aliphatic carbocycles. The summed E-state index contributed by atoms with van der Waals surface area (Å²) < 4.78 is 42.7. The van der Waals surface area contributed by atoms with Crippen LogP contribution in [0.2, 0.25) is 0 Å². The first kappa shape index (κ1) is 20.2. The van der Waals surface area contributed by atoms with E-state index in [0.29, 0.717) is 29.2 Å². The van der Waals surface area contributed by atoms with Crippen molar-refractivity contribution in [3.8, 4) is 23.1 Å². The van der Waals surface area contributed by atoms with E-state index in [-0.39, 0.29) is 5.75 Å². The molecular formula is C22H16F3N5O. The van der Waals surface area contributed by atoms with Gasteiger partial charge in [-0.15, -0.1) is 13.2 Å². The Bertz CT molecular complexity index is 1270. The summed E-state index contributed by atoms with van der Waals surface area (Å²) in [6, 6.07) is 16.4. The van der Waals surface area contributed by atoms with Crippen LogP contribution in [0.3, 0.4) is 0 Å². The second kappa shape index (κ2) is 7.99. The van der Waals surface area contributed by atoms with E-state index >= 15 is 0 Å². The largest absolute Gasteiger partial charge is 0.573 e. The lowest BCUT2D eigenvalue weighted by atomic mass is 10.1. The van der Waals surface area contributed by atoms with Gasteiger partial charge >= 0.3 is 6.36 Å². The zero-order chi connectivity index (χ0) is 22.0. The highest BCUT2D eigenvalue weighted by Gasteiger charge is 2.31. The van der Waals surface area contributed by atoms with Gasteiger partial charge in [0, 0.05) is 17.4 Å². The number of benzene rings is 1. The minimum Gasteiger partial charge on any atom is -0.406 e. The molecule has 31 heavy (non-hydrogen) atoms. The number of hydrogen-bond donors (Lipinski definition) is 1. The van der Waals surface area contributed by atoms with Crippen molar-refractivity contribution < 1.29 is 17.9 Å². The molecule has 1 aromatic carbocycles. The first-order valence-electron chi connectivity index (χ1n) is 9.38. The predicted molar refractivity (Wildman–Crippen MR) is 109 cm³/mol. The molecule has 3 aromatic heterocycles. The molecule has 6 nitrogen and oxygen atoms in total. The van der Waals surface area contributed by atoms with Crippen LogP contribution in [0.1, 0.15) is 18.2 Å². The maximum Gasteiger partial charge on any atom is 0.573 e. The monoisotopic (exact) mass is 423 g/mol. The van der Waals surface area contributed by atoms with Crippen molar-refractivity contribution in [2.75, 3.05) is 5.32 Å². The van der Waals surface area contributed by atoms with E-state index in [9.17, 15) is 18.4 Å². The number of pyridine rings is 2. The molecule has 0 amide bonds. The molecule has 3 heterocycles. The third kappa shape index (κ3) is 4.43. The minimum absolute atomic E-state index is 0.323. The fourth-order valence-corrected chi connectivity index (χ4v) is 3.25. The summed E-state index contributed by atoms with van der Waals surface area (Å²) in [6.45, 7) is 1.99. The van der Waals surface area contributed by atoms with Crippen LogP contribution in [0.25, 0.3) is 16.8 Å². The van der Waals surface area contributed by atoms with E-state index in [1.165, 1.54) is 24.3 Å². The lowest BCUT2D eigenvalue weighted by molar-refractivity contribution is -0.274. The molecule has 0 unspecified atom stereocenters. The van der Waals surface area contributed by atoms with Crippen molar-refractivity contribution in [1.29, 1.82) is 5.26 Å². The number of hydrogen-bond acceptors (Lipinski definition) is 5. The maximum absolute atomic E-state index is 12.3. The first-order chi connectivity index (χ1) is 14.9. The van der Waals surface area contributed by atoms with Gasteiger partial charge in [-0.05, 0) is 55.0 Å². The Kier molecular flexibility index (Phi) is 5.21. The smallest absolute Gasteiger partial charge is 0.406 e. The van der Waals surface area contributed by atoms with Gasteiger partial charge in [0.2, 0.25) is 0 Å². The van der Waals surface area contributed by atoms with Crippen molar-refractivity contribution in [1.82, 2.24) is 14.6 Å². The highest BCUT2D eigenvalue weighted by molar-refractivity contribution is 5.82. The average molecular weight is 423 g/mol. The van der Waals surface area contributed by atoms with Gasteiger partial charge in [-0.1, -0.05) is 13.0 Å². The Labute approximate surface area is 175 Å². The number of anilines is 2. The molecule has 156 valence electrons. The molecular weight excluding hydrogens is 407 g/mol. The Morgan fingerprint density at radius 2 is 1.90 bits per heavy atom. The molecule has 4 rings (SSSR count). The molecule has 0 saturated heterocycles. The van der Waals surface area contributed by atoms with Crippen LogP contribution < -0.4 is 10.1 Å². The van der Waals surface area contributed by atoms with Crippen LogP contribution in [-0.4, -0.2) is 21.0 Å². The van der Waals surface area contributed by atoms with Crippen LogP contribution in [0.5, 0.6) is 5.75 Å². The summed E-state index contributed by atoms with van der Waals surface area (Å²) in [6.07, 6.45) is -2.23. The van der Waals surface area contributed by atoms with Gasteiger partial charge in [0.15, 0.2) is 0 Å². The molecule has 0 fully saturated rings. The van der Waals surface area contributed by atoms with Crippen LogP contribution in [-0.2, 0) is 6.42 Å². The van der Waals surface area contributed by atoms with Crippen LogP contribution in [0.4, 0.5) is 24.7 Å². The number of ether oxygens (including phenoxy) is 1. The molecule has 4 aromatic rings. The van der Waals surface area contributed by atoms with Crippen molar-refractivity contribution in [3.05, 3.63) is 72.1 Å². The number of alkyl halides is 3. The second-order valence-electron chi connectivity index (χ2n) is 6.64. The molecule has 0 aliphatic heterocycles. The van der Waals surface area contributed by atoms with Gasteiger partial charge in [-0.25, -0.2) is 9.50 Å². The van der Waals surface area contributed by atoms with E-state index in [1.807, 2.05) is 31.3 Å². The van der Waals surface area contributed by atoms with E-state index in [0.717, 1.165) is 16.8 Å². The van der Waals surface area contributed by atoms with Crippen molar-refractivity contribution >= 4 is 17.0 Å².